The number of aryl methyl sites for hydroxylation is 2. The van der Waals surface area contributed by atoms with Gasteiger partial charge < -0.3 is 14.1 Å². The van der Waals surface area contributed by atoms with E-state index in [4.69, 9.17) is 9.72 Å². The standard InChI is InChI=1S/C26H20BN3O/c1-15-13-21-23-22(14-15)31-26-28-24-16(2)7-6-10-20(24)30(26)27(23)19-12-11-17-8-4-5-9-18(17)25(19)29(21)3/h4-14H,1-3H3. The lowest BCUT2D eigenvalue weighted by Gasteiger charge is -2.38. The topological polar surface area (TPSA) is 30.3 Å². The van der Waals surface area contributed by atoms with Crippen LogP contribution in [-0.2, 0) is 0 Å². The Morgan fingerprint density at radius 1 is 0.935 bits per heavy atom. The first-order chi connectivity index (χ1) is 15.1. The molecule has 0 aliphatic carbocycles. The normalized spacial score (nSPS) is 13.8. The number of fused-ring (bicyclic) bond motifs is 8. The minimum atomic E-state index is 0.0250. The van der Waals surface area contributed by atoms with Crippen molar-refractivity contribution < 1.29 is 4.74 Å². The molecular weight excluding hydrogens is 381 g/mol. The zero-order chi connectivity index (χ0) is 20.9. The third kappa shape index (κ3) is 2.08. The lowest BCUT2D eigenvalue weighted by molar-refractivity contribution is 0.439. The van der Waals surface area contributed by atoms with Crippen LogP contribution in [-0.4, -0.2) is 23.4 Å². The number of hydrogen-bond acceptors (Lipinski definition) is 3. The minimum absolute atomic E-state index is 0.0250. The molecule has 2 aliphatic heterocycles. The fourth-order valence-electron chi connectivity index (χ4n) is 5.45. The molecule has 0 saturated heterocycles. The first-order valence-corrected chi connectivity index (χ1v) is 10.7. The summed E-state index contributed by atoms with van der Waals surface area (Å²) in [6, 6.07) is 24.6. The Morgan fingerprint density at radius 3 is 2.71 bits per heavy atom. The Kier molecular flexibility index (Phi) is 3.13. The van der Waals surface area contributed by atoms with E-state index in [1.165, 1.54) is 38.6 Å². The summed E-state index contributed by atoms with van der Waals surface area (Å²) in [5, 5.41) is 2.52. The summed E-state index contributed by atoms with van der Waals surface area (Å²) >= 11 is 0. The van der Waals surface area contributed by atoms with E-state index in [0.29, 0.717) is 6.01 Å². The van der Waals surface area contributed by atoms with Gasteiger partial charge in [-0.2, -0.15) is 4.98 Å². The molecular formula is C26H20BN3O. The molecule has 0 N–H and O–H groups in total. The van der Waals surface area contributed by atoms with Crippen LogP contribution in [0.2, 0.25) is 0 Å². The molecule has 0 radical (unpaired) electrons. The highest BCUT2D eigenvalue weighted by Gasteiger charge is 2.43. The van der Waals surface area contributed by atoms with Crippen molar-refractivity contribution in [2.24, 2.45) is 0 Å². The van der Waals surface area contributed by atoms with Crippen LogP contribution in [0.15, 0.2) is 66.7 Å². The molecule has 0 amide bonds. The lowest BCUT2D eigenvalue weighted by atomic mass is 9.46. The summed E-state index contributed by atoms with van der Waals surface area (Å²) in [5.41, 5.74) is 9.41. The minimum Gasteiger partial charge on any atom is -0.427 e. The lowest BCUT2D eigenvalue weighted by Crippen LogP contribution is -2.57. The quantitative estimate of drug-likeness (QED) is 0.347. The Hall–Kier alpha value is -3.73. The Morgan fingerprint density at radius 2 is 1.81 bits per heavy atom. The molecule has 2 aliphatic rings. The Bertz CT molecular complexity index is 1570. The van der Waals surface area contributed by atoms with Gasteiger partial charge in [0.2, 0.25) is 0 Å². The van der Waals surface area contributed by atoms with E-state index in [0.717, 1.165) is 22.3 Å². The fourth-order valence-corrected chi connectivity index (χ4v) is 5.45. The number of aromatic nitrogens is 2. The number of imidazole rings is 1. The molecule has 0 atom stereocenters. The van der Waals surface area contributed by atoms with Gasteiger partial charge in [-0.3, -0.25) is 0 Å². The van der Waals surface area contributed by atoms with Crippen LogP contribution in [0.4, 0.5) is 11.4 Å². The van der Waals surface area contributed by atoms with Crippen molar-refractivity contribution >= 4 is 51.0 Å². The largest absolute Gasteiger partial charge is 0.427 e. The van der Waals surface area contributed by atoms with Crippen molar-refractivity contribution in [2.75, 3.05) is 11.9 Å². The molecule has 0 bridgehead atoms. The second-order valence-electron chi connectivity index (χ2n) is 8.69. The summed E-state index contributed by atoms with van der Waals surface area (Å²) in [6.07, 6.45) is 0. The molecule has 0 fully saturated rings. The van der Waals surface area contributed by atoms with Gasteiger partial charge in [0, 0.05) is 29.3 Å². The molecule has 1 aromatic heterocycles. The van der Waals surface area contributed by atoms with Crippen LogP contribution < -0.4 is 20.6 Å². The SMILES string of the molecule is Cc1cc2c3c(c1)N(C)c1c(ccc4ccccc14)B3n1c(nc3c(C)cccc31)O2. The number of hydrogen-bond donors (Lipinski definition) is 0. The van der Waals surface area contributed by atoms with Crippen molar-refractivity contribution in [3.05, 3.63) is 77.9 Å². The molecule has 31 heavy (non-hydrogen) atoms. The predicted molar refractivity (Wildman–Crippen MR) is 128 cm³/mol. The number of para-hydroxylation sites is 1. The summed E-state index contributed by atoms with van der Waals surface area (Å²) in [7, 11) is 2.17. The van der Waals surface area contributed by atoms with Crippen LogP contribution in [0.25, 0.3) is 21.8 Å². The number of benzene rings is 4. The van der Waals surface area contributed by atoms with Crippen LogP contribution >= 0.6 is 0 Å². The number of anilines is 2. The van der Waals surface area contributed by atoms with Gasteiger partial charge in [0.15, 0.2) is 0 Å². The van der Waals surface area contributed by atoms with Gasteiger partial charge >= 0.3 is 6.85 Å². The average molecular weight is 401 g/mol. The number of rotatable bonds is 0. The van der Waals surface area contributed by atoms with Crippen molar-refractivity contribution in [3.8, 4) is 11.8 Å². The highest BCUT2D eigenvalue weighted by atomic mass is 16.5. The maximum Gasteiger partial charge on any atom is 0.341 e. The third-order valence-electron chi connectivity index (χ3n) is 6.81. The third-order valence-corrected chi connectivity index (χ3v) is 6.81. The van der Waals surface area contributed by atoms with Crippen molar-refractivity contribution in [1.82, 2.24) is 9.46 Å². The number of nitrogens with zero attached hydrogens (tertiary/aromatic N) is 3. The molecule has 4 nitrogen and oxygen atoms in total. The van der Waals surface area contributed by atoms with Gasteiger partial charge in [0.05, 0.1) is 11.0 Å². The second kappa shape index (κ2) is 5.70. The molecule has 5 heteroatoms. The van der Waals surface area contributed by atoms with E-state index in [9.17, 15) is 0 Å². The van der Waals surface area contributed by atoms with E-state index in [1.807, 2.05) is 0 Å². The summed E-state index contributed by atoms with van der Waals surface area (Å²) < 4.78 is 8.70. The summed E-state index contributed by atoms with van der Waals surface area (Å²) in [4.78, 5) is 7.25. The Balaban J connectivity index is 1.65. The van der Waals surface area contributed by atoms with E-state index in [2.05, 4.69) is 97.0 Å². The zero-order valence-corrected chi connectivity index (χ0v) is 17.7. The molecule has 0 unspecified atom stereocenters. The highest BCUT2D eigenvalue weighted by Crippen LogP contribution is 2.41. The molecule has 148 valence electrons. The molecule has 4 aromatic carbocycles. The Labute approximate surface area is 180 Å². The summed E-state index contributed by atoms with van der Waals surface area (Å²) in [5.74, 6) is 0.908. The average Bonchev–Trinajstić information content (AvgIpc) is 3.15. The van der Waals surface area contributed by atoms with Gasteiger partial charge in [-0.25, -0.2) is 0 Å². The second-order valence-corrected chi connectivity index (χ2v) is 8.69. The number of ether oxygens (including phenoxy) is 1. The molecule has 7 rings (SSSR count). The van der Waals surface area contributed by atoms with Crippen LogP contribution in [0, 0.1) is 13.8 Å². The van der Waals surface area contributed by atoms with E-state index < -0.39 is 0 Å². The van der Waals surface area contributed by atoms with Gasteiger partial charge in [0.1, 0.15) is 5.75 Å². The summed E-state index contributed by atoms with van der Waals surface area (Å²) in [6.45, 7) is 4.26. The van der Waals surface area contributed by atoms with Gasteiger partial charge in [-0.15, -0.1) is 0 Å². The first kappa shape index (κ1) is 17.0. The van der Waals surface area contributed by atoms with E-state index in [-0.39, 0.29) is 6.85 Å². The van der Waals surface area contributed by atoms with Crippen LogP contribution in [0.1, 0.15) is 11.1 Å². The van der Waals surface area contributed by atoms with E-state index >= 15 is 0 Å². The maximum atomic E-state index is 6.42. The van der Waals surface area contributed by atoms with Crippen molar-refractivity contribution in [3.63, 3.8) is 0 Å². The van der Waals surface area contributed by atoms with Crippen molar-refractivity contribution in [2.45, 2.75) is 13.8 Å². The molecule has 3 heterocycles. The van der Waals surface area contributed by atoms with Crippen LogP contribution in [0.5, 0.6) is 11.8 Å². The fraction of sp³-hybridized carbons (Fsp3) is 0.115. The maximum absolute atomic E-state index is 6.42. The van der Waals surface area contributed by atoms with Gasteiger partial charge in [-0.05, 0) is 54.0 Å². The predicted octanol–water partition coefficient (Wildman–Crippen LogP) is 4.65. The highest BCUT2D eigenvalue weighted by molar-refractivity contribution is 6.89. The molecule has 0 saturated carbocycles. The monoisotopic (exact) mass is 401 g/mol. The van der Waals surface area contributed by atoms with Gasteiger partial charge in [-0.1, -0.05) is 48.5 Å². The van der Waals surface area contributed by atoms with Crippen molar-refractivity contribution in [1.29, 1.82) is 0 Å². The smallest absolute Gasteiger partial charge is 0.341 e. The molecule has 5 aromatic rings. The van der Waals surface area contributed by atoms with Gasteiger partial charge in [0.25, 0.3) is 6.01 Å². The van der Waals surface area contributed by atoms with Crippen LogP contribution in [0.3, 0.4) is 0 Å². The molecule has 0 spiro atoms. The zero-order valence-electron chi connectivity index (χ0n) is 17.7. The van der Waals surface area contributed by atoms with E-state index in [1.54, 1.807) is 0 Å². The first-order valence-electron chi connectivity index (χ1n) is 10.7.